The molecule has 0 radical (unpaired) electrons. The second-order valence-corrected chi connectivity index (χ2v) is 3.96. The molecule has 16 heavy (non-hydrogen) atoms. The van der Waals surface area contributed by atoms with Gasteiger partial charge in [-0.1, -0.05) is 24.6 Å². The Morgan fingerprint density at radius 2 is 2.25 bits per heavy atom. The van der Waals surface area contributed by atoms with E-state index in [0.717, 1.165) is 24.2 Å². The number of nitrogens with one attached hydrogen (secondary N) is 1. The topological polar surface area (TPSA) is 67.6 Å². The van der Waals surface area contributed by atoms with Crippen LogP contribution in [-0.4, -0.2) is 15.2 Å². The molecular weight excluding hydrogens is 224 g/mol. The summed E-state index contributed by atoms with van der Waals surface area (Å²) in [6.45, 7) is 2.09. The molecule has 0 unspecified atom stereocenters. The summed E-state index contributed by atoms with van der Waals surface area (Å²) in [5, 5.41) is 7.55. The second-order valence-electron chi connectivity index (χ2n) is 3.56. The third-order valence-corrected chi connectivity index (χ3v) is 2.64. The number of H-pyrrole nitrogens is 1. The maximum Gasteiger partial charge on any atom is 0.183 e. The number of nitrogen functional groups attached to an aromatic ring is 1. The van der Waals surface area contributed by atoms with Crippen LogP contribution in [-0.2, 0) is 6.42 Å². The van der Waals surface area contributed by atoms with E-state index in [1.165, 1.54) is 0 Å². The van der Waals surface area contributed by atoms with Gasteiger partial charge >= 0.3 is 0 Å². The van der Waals surface area contributed by atoms with Crippen molar-refractivity contribution >= 4 is 17.3 Å². The Morgan fingerprint density at radius 3 is 3.00 bits per heavy atom. The highest BCUT2D eigenvalue weighted by Crippen LogP contribution is 2.29. The van der Waals surface area contributed by atoms with E-state index < -0.39 is 0 Å². The van der Waals surface area contributed by atoms with Gasteiger partial charge in [0, 0.05) is 12.0 Å². The van der Waals surface area contributed by atoms with Crippen LogP contribution in [0, 0.1) is 0 Å². The van der Waals surface area contributed by atoms with Crippen LogP contribution in [0.25, 0.3) is 11.4 Å². The van der Waals surface area contributed by atoms with Gasteiger partial charge in [0.15, 0.2) is 5.82 Å². The van der Waals surface area contributed by atoms with E-state index in [2.05, 4.69) is 22.1 Å². The number of hydrogen-bond donors (Lipinski definition) is 2. The van der Waals surface area contributed by atoms with Crippen LogP contribution < -0.4 is 5.73 Å². The number of para-hydroxylation sites is 1. The molecule has 0 saturated heterocycles. The smallest absolute Gasteiger partial charge is 0.183 e. The highest BCUT2D eigenvalue weighted by atomic mass is 35.5. The highest BCUT2D eigenvalue weighted by molar-refractivity contribution is 6.33. The zero-order chi connectivity index (χ0) is 11.5. The Morgan fingerprint density at radius 1 is 1.44 bits per heavy atom. The molecular formula is C11H13ClN4. The molecule has 0 aliphatic heterocycles. The average molecular weight is 237 g/mol. The van der Waals surface area contributed by atoms with Crippen LogP contribution in [0.5, 0.6) is 0 Å². The van der Waals surface area contributed by atoms with Crippen molar-refractivity contribution in [1.82, 2.24) is 15.2 Å². The Kier molecular flexibility index (Phi) is 3.10. The van der Waals surface area contributed by atoms with Gasteiger partial charge in [0.1, 0.15) is 5.82 Å². The molecule has 3 N–H and O–H groups in total. The van der Waals surface area contributed by atoms with E-state index in [1.54, 1.807) is 6.07 Å². The summed E-state index contributed by atoms with van der Waals surface area (Å²) in [7, 11) is 0. The van der Waals surface area contributed by atoms with Crippen molar-refractivity contribution in [2.24, 2.45) is 0 Å². The van der Waals surface area contributed by atoms with Gasteiger partial charge < -0.3 is 5.73 Å². The van der Waals surface area contributed by atoms with E-state index in [0.29, 0.717) is 16.5 Å². The van der Waals surface area contributed by atoms with Crippen molar-refractivity contribution in [2.75, 3.05) is 5.73 Å². The summed E-state index contributed by atoms with van der Waals surface area (Å²) in [6.07, 6.45) is 1.91. The first-order valence-corrected chi connectivity index (χ1v) is 5.55. The molecule has 1 aromatic heterocycles. The lowest BCUT2D eigenvalue weighted by Gasteiger charge is -2.02. The fourth-order valence-electron chi connectivity index (χ4n) is 1.50. The summed E-state index contributed by atoms with van der Waals surface area (Å²) in [5.41, 5.74) is 7.16. The number of halogens is 1. The Balaban J connectivity index is 2.39. The zero-order valence-corrected chi connectivity index (χ0v) is 9.75. The SMILES string of the molecule is CCCc1nc(-c2cccc(Cl)c2N)n[nH]1. The highest BCUT2D eigenvalue weighted by Gasteiger charge is 2.10. The van der Waals surface area contributed by atoms with E-state index in [-0.39, 0.29) is 0 Å². The first kappa shape index (κ1) is 11.0. The van der Waals surface area contributed by atoms with Crippen LogP contribution in [0.1, 0.15) is 19.2 Å². The molecule has 0 bridgehead atoms. The lowest BCUT2D eigenvalue weighted by molar-refractivity contribution is 0.841. The first-order valence-electron chi connectivity index (χ1n) is 5.18. The molecule has 0 spiro atoms. The molecule has 2 aromatic rings. The van der Waals surface area contributed by atoms with E-state index in [4.69, 9.17) is 17.3 Å². The number of aromatic nitrogens is 3. The molecule has 0 aliphatic rings. The minimum Gasteiger partial charge on any atom is -0.397 e. The zero-order valence-electron chi connectivity index (χ0n) is 9.00. The number of benzene rings is 1. The molecule has 5 heteroatoms. The quantitative estimate of drug-likeness (QED) is 0.805. The maximum absolute atomic E-state index is 5.94. The van der Waals surface area contributed by atoms with Crippen molar-refractivity contribution in [3.8, 4) is 11.4 Å². The summed E-state index contributed by atoms with van der Waals surface area (Å²) in [6, 6.07) is 5.45. The number of hydrogen-bond acceptors (Lipinski definition) is 3. The molecule has 1 heterocycles. The number of anilines is 1. The Labute approximate surface area is 98.8 Å². The molecule has 0 saturated carbocycles. The minimum absolute atomic E-state index is 0.520. The fourth-order valence-corrected chi connectivity index (χ4v) is 1.67. The van der Waals surface area contributed by atoms with Crippen LogP contribution in [0.4, 0.5) is 5.69 Å². The first-order chi connectivity index (χ1) is 7.72. The van der Waals surface area contributed by atoms with Gasteiger partial charge in [-0.15, -0.1) is 0 Å². The van der Waals surface area contributed by atoms with E-state index in [9.17, 15) is 0 Å². The predicted octanol–water partition coefficient (Wildman–Crippen LogP) is 2.66. The van der Waals surface area contributed by atoms with E-state index in [1.807, 2.05) is 12.1 Å². The van der Waals surface area contributed by atoms with Gasteiger partial charge in [-0.25, -0.2) is 4.98 Å². The molecule has 0 aliphatic carbocycles. The van der Waals surface area contributed by atoms with Gasteiger partial charge in [-0.3, -0.25) is 5.10 Å². The van der Waals surface area contributed by atoms with Gasteiger partial charge in [-0.05, 0) is 18.6 Å². The predicted molar refractivity (Wildman–Crippen MR) is 65.2 cm³/mol. The van der Waals surface area contributed by atoms with Gasteiger partial charge in [-0.2, -0.15) is 5.10 Å². The van der Waals surface area contributed by atoms with Crippen LogP contribution >= 0.6 is 11.6 Å². The average Bonchev–Trinajstić information content (AvgIpc) is 2.71. The summed E-state index contributed by atoms with van der Waals surface area (Å²) in [5.74, 6) is 1.47. The minimum atomic E-state index is 0.520. The maximum atomic E-state index is 5.94. The lowest BCUT2D eigenvalue weighted by Crippen LogP contribution is -1.92. The lowest BCUT2D eigenvalue weighted by atomic mass is 10.2. The van der Waals surface area contributed by atoms with Crippen LogP contribution in [0.15, 0.2) is 18.2 Å². The van der Waals surface area contributed by atoms with Crippen LogP contribution in [0.3, 0.4) is 0 Å². The Hall–Kier alpha value is -1.55. The fraction of sp³-hybridized carbons (Fsp3) is 0.273. The Bertz CT molecular complexity index is 492. The van der Waals surface area contributed by atoms with Crippen molar-refractivity contribution in [3.05, 3.63) is 29.0 Å². The van der Waals surface area contributed by atoms with Crippen molar-refractivity contribution in [3.63, 3.8) is 0 Å². The molecule has 2 rings (SSSR count). The number of nitrogens with two attached hydrogens (primary N) is 1. The summed E-state index contributed by atoms with van der Waals surface area (Å²) < 4.78 is 0. The van der Waals surface area contributed by atoms with Gasteiger partial charge in [0.25, 0.3) is 0 Å². The van der Waals surface area contributed by atoms with Crippen molar-refractivity contribution in [1.29, 1.82) is 0 Å². The van der Waals surface area contributed by atoms with Crippen molar-refractivity contribution < 1.29 is 0 Å². The normalized spacial score (nSPS) is 10.6. The molecule has 4 nitrogen and oxygen atoms in total. The number of nitrogens with zero attached hydrogens (tertiary/aromatic N) is 2. The largest absolute Gasteiger partial charge is 0.397 e. The summed E-state index contributed by atoms with van der Waals surface area (Å²) >= 11 is 5.94. The molecule has 0 fully saturated rings. The van der Waals surface area contributed by atoms with Gasteiger partial charge in [0.05, 0.1) is 10.7 Å². The molecule has 0 atom stereocenters. The van der Waals surface area contributed by atoms with E-state index >= 15 is 0 Å². The number of rotatable bonds is 3. The molecule has 0 amide bonds. The standard InChI is InChI=1S/C11H13ClN4/c1-2-4-9-14-11(16-15-9)7-5-3-6-8(12)10(7)13/h3,5-6H,2,4,13H2,1H3,(H,14,15,16). The second kappa shape index (κ2) is 4.53. The van der Waals surface area contributed by atoms with Crippen molar-refractivity contribution in [2.45, 2.75) is 19.8 Å². The summed E-state index contributed by atoms with van der Waals surface area (Å²) in [4.78, 5) is 4.37. The molecule has 1 aromatic carbocycles. The monoisotopic (exact) mass is 236 g/mol. The van der Waals surface area contributed by atoms with Gasteiger partial charge in [0.2, 0.25) is 0 Å². The van der Waals surface area contributed by atoms with Crippen LogP contribution in [0.2, 0.25) is 5.02 Å². The third-order valence-electron chi connectivity index (χ3n) is 2.31. The third kappa shape index (κ3) is 2.02. The molecule has 84 valence electrons. The number of aryl methyl sites for hydroxylation is 1. The number of aromatic amines is 1.